The Labute approximate surface area is 96.8 Å². The van der Waals surface area contributed by atoms with Crippen LogP contribution in [0.5, 0.6) is 0 Å². The predicted molar refractivity (Wildman–Crippen MR) is 61.8 cm³/mol. The van der Waals surface area contributed by atoms with Crippen LogP contribution in [0.15, 0.2) is 0 Å². The van der Waals surface area contributed by atoms with Crippen molar-refractivity contribution in [2.45, 2.75) is 56.6 Å². The van der Waals surface area contributed by atoms with Gasteiger partial charge in [-0.1, -0.05) is 12.8 Å². The van der Waals surface area contributed by atoms with Gasteiger partial charge in [0.25, 0.3) is 0 Å². The van der Waals surface area contributed by atoms with Crippen LogP contribution in [0.4, 0.5) is 0 Å². The average molecular weight is 226 g/mol. The van der Waals surface area contributed by atoms with E-state index in [-0.39, 0.29) is 5.91 Å². The summed E-state index contributed by atoms with van der Waals surface area (Å²) in [4.78, 5) is 14.1. The molecule has 1 aliphatic heterocycles. The zero-order valence-corrected chi connectivity index (χ0v) is 10.0. The van der Waals surface area contributed by atoms with Crippen LogP contribution < -0.4 is 5.73 Å². The maximum Gasteiger partial charge on any atom is 0.242 e. The topological polar surface area (TPSA) is 66.6 Å². The standard InChI is InChI=1S/C12H22N2O2/c1-11(16)6-8-14(9-7-11)10(15)12(13)4-2-3-5-12/h16H,2-9,13H2,1H3. The summed E-state index contributed by atoms with van der Waals surface area (Å²) in [6, 6.07) is 0. The van der Waals surface area contributed by atoms with Crippen LogP contribution in [0.3, 0.4) is 0 Å². The number of amides is 1. The fraction of sp³-hybridized carbons (Fsp3) is 0.917. The molecule has 0 aromatic carbocycles. The van der Waals surface area contributed by atoms with Crippen molar-refractivity contribution < 1.29 is 9.90 Å². The molecule has 92 valence electrons. The lowest BCUT2D eigenvalue weighted by Crippen LogP contribution is -2.56. The van der Waals surface area contributed by atoms with Gasteiger partial charge in [0.2, 0.25) is 5.91 Å². The van der Waals surface area contributed by atoms with Crippen molar-refractivity contribution in [3.8, 4) is 0 Å². The monoisotopic (exact) mass is 226 g/mol. The number of hydrogen-bond donors (Lipinski definition) is 2. The Morgan fingerprint density at radius 1 is 1.19 bits per heavy atom. The SMILES string of the molecule is CC1(O)CCN(C(=O)C2(N)CCCC2)CC1. The van der Waals surface area contributed by atoms with Crippen molar-refractivity contribution in [3.63, 3.8) is 0 Å². The number of aliphatic hydroxyl groups is 1. The zero-order valence-electron chi connectivity index (χ0n) is 10.0. The molecule has 0 spiro atoms. The van der Waals surface area contributed by atoms with Gasteiger partial charge in [-0.3, -0.25) is 4.79 Å². The summed E-state index contributed by atoms with van der Waals surface area (Å²) < 4.78 is 0. The molecular weight excluding hydrogens is 204 g/mol. The van der Waals surface area contributed by atoms with Gasteiger partial charge in [-0.05, 0) is 32.6 Å². The van der Waals surface area contributed by atoms with Gasteiger partial charge in [-0.25, -0.2) is 0 Å². The Bertz CT molecular complexity index is 273. The van der Waals surface area contributed by atoms with Gasteiger partial charge in [0.1, 0.15) is 0 Å². The van der Waals surface area contributed by atoms with Crippen molar-refractivity contribution in [1.29, 1.82) is 0 Å². The van der Waals surface area contributed by atoms with E-state index in [0.29, 0.717) is 25.9 Å². The first-order valence-corrected chi connectivity index (χ1v) is 6.24. The third-order valence-electron chi connectivity index (χ3n) is 4.05. The first kappa shape index (κ1) is 11.9. The number of carbonyl (C=O) groups excluding carboxylic acids is 1. The first-order chi connectivity index (χ1) is 7.43. The van der Waals surface area contributed by atoms with Crippen LogP contribution in [0, 0.1) is 0 Å². The second-order valence-electron chi connectivity index (χ2n) is 5.65. The summed E-state index contributed by atoms with van der Waals surface area (Å²) >= 11 is 0. The number of hydrogen-bond acceptors (Lipinski definition) is 3. The Morgan fingerprint density at radius 2 is 1.69 bits per heavy atom. The highest BCUT2D eigenvalue weighted by Crippen LogP contribution is 2.31. The van der Waals surface area contributed by atoms with Crippen LogP contribution in [-0.4, -0.2) is 40.1 Å². The lowest BCUT2D eigenvalue weighted by Gasteiger charge is -2.39. The van der Waals surface area contributed by atoms with Crippen LogP contribution in [0.2, 0.25) is 0 Å². The molecule has 1 amide bonds. The van der Waals surface area contributed by atoms with E-state index < -0.39 is 11.1 Å². The summed E-state index contributed by atoms with van der Waals surface area (Å²) in [6.45, 7) is 3.12. The molecule has 2 fully saturated rings. The minimum Gasteiger partial charge on any atom is -0.390 e. The molecule has 0 bridgehead atoms. The maximum atomic E-state index is 12.3. The largest absolute Gasteiger partial charge is 0.390 e. The van der Waals surface area contributed by atoms with Crippen molar-refractivity contribution in [1.82, 2.24) is 4.90 Å². The molecule has 0 aromatic heterocycles. The van der Waals surface area contributed by atoms with Gasteiger partial charge >= 0.3 is 0 Å². The summed E-state index contributed by atoms with van der Waals surface area (Å²) in [5.74, 6) is 0.0977. The molecule has 4 heteroatoms. The van der Waals surface area contributed by atoms with Gasteiger partial charge in [0.15, 0.2) is 0 Å². The van der Waals surface area contributed by atoms with Crippen molar-refractivity contribution in [2.75, 3.05) is 13.1 Å². The van der Waals surface area contributed by atoms with Crippen molar-refractivity contribution in [3.05, 3.63) is 0 Å². The number of piperidine rings is 1. The van der Waals surface area contributed by atoms with Crippen LogP contribution >= 0.6 is 0 Å². The number of likely N-dealkylation sites (tertiary alicyclic amines) is 1. The van der Waals surface area contributed by atoms with Crippen LogP contribution in [0.1, 0.15) is 45.4 Å². The van der Waals surface area contributed by atoms with Gasteiger partial charge in [0.05, 0.1) is 11.1 Å². The molecule has 0 unspecified atom stereocenters. The van der Waals surface area contributed by atoms with Crippen molar-refractivity contribution in [2.24, 2.45) is 5.73 Å². The summed E-state index contributed by atoms with van der Waals surface area (Å²) in [5.41, 5.74) is 4.94. The molecule has 0 aromatic rings. The second kappa shape index (κ2) is 4.00. The molecule has 1 heterocycles. The van der Waals surface area contributed by atoms with E-state index in [1.165, 1.54) is 0 Å². The fourth-order valence-corrected chi connectivity index (χ4v) is 2.73. The molecule has 1 saturated carbocycles. The normalized spacial score (nSPS) is 28.1. The highest BCUT2D eigenvalue weighted by atomic mass is 16.3. The van der Waals surface area contributed by atoms with Gasteiger partial charge in [-0.2, -0.15) is 0 Å². The summed E-state index contributed by atoms with van der Waals surface area (Å²) in [7, 11) is 0. The average Bonchev–Trinajstić information content (AvgIpc) is 2.66. The maximum absolute atomic E-state index is 12.3. The lowest BCUT2D eigenvalue weighted by atomic mass is 9.91. The Morgan fingerprint density at radius 3 is 2.19 bits per heavy atom. The summed E-state index contributed by atoms with van der Waals surface area (Å²) in [6.07, 6.45) is 5.09. The molecule has 2 aliphatic rings. The number of carbonyl (C=O) groups is 1. The minimum absolute atomic E-state index is 0.0977. The Balaban J connectivity index is 1.96. The minimum atomic E-state index is -0.608. The molecule has 3 N–H and O–H groups in total. The third-order valence-corrected chi connectivity index (χ3v) is 4.05. The van der Waals surface area contributed by atoms with Gasteiger partial charge in [0, 0.05) is 13.1 Å². The van der Waals surface area contributed by atoms with Gasteiger partial charge in [-0.15, -0.1) is 0 Å². The Kier molecular flexibility index (Phi) is 2.97. The molecule has 2 rings (SSSR count). The highest BCUT2D eigenvalue weighted by Gasteiger charge is 2.41. The van der Waals surface area contributed by atoms with Gasteiger partial charge < -0.3 is 15.7 Å². The zero-order chi connectivity index (χ0) is 11.8. The summed E-state index contributed by atoms with van der Waals surface area (Å²) in [5, 5.41) is 9.83. The van der Waals surface area contributed by atoms with Crippen LogP contribution in [-0.2, 0) is 4.79 Å². The number of nitrogens with two attached hydrogens (primary N) is 1. The van der Waals surface area contributed by atoms with E-state index in [4.69, 9.17) is 5.73 Å². The number of nitrogens with zero attached hydrogens (tertiary/aromatic N) is 1. The highest BCUT2D eigenvalue weighted by molar-refractivity contribution is 5.86. The molecule has 0 radical (unpaired) electrons. The molecule has 4 nitrogen and oxygen atoms in total. The quantitative estimate of drug-likeness (QED) is 0.689. The van der Waals surface area contributed by atoms with E-state index in [9.17, 15) is 9.90 Å². The first-order valence-electron chi connectivity index (χ1n) is 6.24. The molecule has 16 heavy (non-hydrogen) atoms. The molecule has 1 saturated heterocycles. The lowest BCUT2D eigenvalue weighted by molar-refractivity contribution is -0.140. The fourth-order valence-electron chi connectivity index (χ4n) is 2.73. The third kappa shape index (κ3) is 2.23. The van der Waals surface area contributed by atoms with E-state index >= 15 is 0 Å². The van der Waals surface area contributed by atoms with E-state index in [2.05, 4.69) is 0 Å². The molecule has 0 atom stereocenters. The molecule has 1 aliphatic carbocycles. The predicted octanol–water partition coefficient (Wildman–Crippen LogP) is 0.631. The van der Waals surface area contributed by atoms with E-state index in [1.807, 2.05) is 11.8 Å². The van der Waals surface area contributed by atoms with E-state index in [0.717, 1.165) is 25.7 Å². The van der Waals surface area contributed by atoms with Crippen LogP contribution in [0.25, 0.3) is 0 Å². The second-order valence-corrected chi connectivity index (χ2v) is 5.65. The molecular formula is C12H22N2O2. The Hall–Kier alpha value is -0.610. The smallest absolute Gasteiger partial charge is 0.242 e. The number of rotatable bonds is 1. The van der Waals surface area contributed by atoms with Crippen molar-refractivity contribution >= 4 is 5.91 Å². The van der Waals surface area contributed by atoms with E-state index in [1.54, 1.807) is 0 Å².